The third kappa shape index (κ3) is 6.78. The number of methoxy groups -OCH3 is 1. The molecule has 1 fully saturated rings. The van der Waals surface area contributed by atoms with Crippen molar-refractivity contribution in [1.29, 1.82) is 0 Å². The molecule has 0 radical (unpaired) electrons. The molecule has 0 aliphatic heterocycles. The first-order valence-corrected chi connectivity index (χ1v) is 12.9. The summed E-state index contributed by atoms with van der Waals surface area (Å²) >= 11 is 0. The molecule has 0 aromatic heterocycles. The summed E-state index contributed by atoms with van der Waals surface area (Å²) in [6.45, 7) is 0.560. The Labute approximate surface area is 219 Å². The molecule has 1 N–H and O–H groups in total. The second kappa shape index (κ2) is 12.8. The molecule has 0 atom stereocenters. The molecule has 37 heavy (non-hydrogen) atoms. The summed E-state index contributed by atoms with van der Waals surface area (Å²) in [6.07, 6.45) is 8.62. The highest BCUT2D eigenvalue weighted by molar-refractivity contribution is 5.87. The smallest absolute Gasteiger partial charge is 0.330 e. The number of nitrogens with one attached hydrogen (secondary N) is 1. The van der Waals surface area contributed by atoms with Crippen LogP contribution in [0.3, 0.4) is 0 Å². The highest BCUT2D eigenvalue weighted by Gasteiger charge is 2.25. The number of anilines is 2. The fourth-order valence-electron chi connectivity index (χ4n) is 4.89. The molecular weight excluding hydrogens is 460 g/mol. The van der Waals surface area contributed by atoms with Crippen LogP contribution in [-0.2, 0) is 20.9 Å². The van der Waals surface area contributed by atoms with Gasteiger partial charge in [0.1, 0.15) is 11.6 Å². The molecule has 190 valence electrons. The van der Waals surface area contributed by atoms with Gasteiger partial charge in [-0.25, -0.2) is 9.59 Å². The lowest BCUT2D eigenvalue weighted by atomic mass is 9.86. The Bertz CT molecular complexity index is 1270. The van der Waals surface area contributed by atoms with E-state index in [1.165, 1.54) is 19.6 Å². The fourth-order valence-corrected chi connectivity index (χ4v) is 4.89. The zero-order valence-electron chi connectivity index (χ0n) is 21.6. The Morgan fingerprint density at radius 2 is 1.68 bits per heavy atom. The van der Waals surface area contributed by atoms with Gasteiger partial charge >= 0.3 is 5.97 Å². The van der Waals surface area contributed by atoms with Crippen LogP contribution in [0.15, 0.2) is 84.6 Å². The first kappa shape index (κ1) is 26.0. The summed E-state index contributed by atoms with van der Waals surface area (Å²) in [5.74, 6) is 2.11. The van der Waals surface area contributed by atoms with Crippen molar-refractivity contribution in [2.24, 2.45) is 5.92 Å². The lowest BCUT2D eigenvalue weighted by Gasteiger charge is -2.32. The lowest BCUT2D eigenvalue weighted by Crippen LogP contribution is -2.28. The minimum Gasteiger partial charge on any atom is -0.466 e. The van der Waals surface area contributed by atoms with Crippen LogP contribution in [0, 0.1) is 5.92 Å². The Morgan fingerprint density at radius 1 is 1.00 bits per heavy atom. The third-order valence-corrected chi connectivity index (χ3v) is 6.98. The molecule has 5 heteroatoms. The minimum absolute atomic E-state index is 0.200. The highest BCUT2D eigenvalue weighted by atomic mass is 16.5. The molecule has 4 rings (SSSR count). The monoisotopic (exact) mass is 494 g/mol. The number of nitrogens with zero attached hydrogens (tertiary/aromatic N) is 1. The molecule has 1 aliphatic rings. The van der Waals surface area contributed by atoms with E-state index in [1.54, 1.807) is 6.08 Å². The number of benzene rings is 3. The molecule has 0 amide bonds. The number of rotatable bonds is 9. The average Bonchev–Trinajstić information content (AvgIpc) is 2.97. The van der Waals surface area contributed by atoms with E-state index in [-0.39, 0.29) is 5.92 Å². The summed E-state index contributed by atoms with van der Waals surface area (Å²) in [5, 5.41) is 3.15. The standard InChI is InChI=1S/C32H34N2O3/c1-33-29-18-16-27(17-19-29)26-14-11-25(12-15-26)22-34(31(23-35)28-8-4-3-5-9-28)30-10-6-7-24(21-30)13-20-32(36)37-2/h6-7,10-21,28,33H,3-5,8-9,22H2,1-2H3/b20-13+. The van der Waals surface area contributed by atoms with Gasteiger partial charge in [0, 0.05) is 37.0 Å². The number of allylic oxidation sites excluding steroid dienone is 1. The normalized spacial score (nSPS) is 13.7. The van der Waals surface area contributed by atoms with Crippen LogP contribution >= 0.6 is 0 Å². The number of hydrogen-bond donors (Lipinski definition) is 1. The zero-order valence-corrected chi connectivity index (χ0v) is 21.6. The zero-order chi connectivity index (χ0) is 26.0. The molecule has 3 aromatic rings. The first-order chi connectivity index (χ1) is 18.1. The van der Waals surface area contributed by atoms with Crippen LogP contribution in [-0.4, -0.2) is 26.1 Å². The van der Waals surface area contributed by atoms with Crippen molar-refractivity contribution in [3.05, 3.63) is 95.7 Å². The molecule has 0 saturated heterocycles. The van der Waals surface area contributed by atoms with Crippen molar-refractivity contribution in [2.75, 3.05) is 24.4 Å². The Balaban J connectivity index is 1.63. The van der Waals surface area contributed by atoms with E-state index in [1.807, 2.05) is 31.3 Å². The van der Waals surface area contributed by atoms with Gasteiger partial charge in [0.25, 0.3) is 0 Å². The summed E-state index contributed by atoms with van der Waals surface area (Å²) in [4.78, 5) is 26.0. The van der Waals surface area contributed by atoms with Crippen molar-refractivity contribution >= 4 is 29.4 Å². The van der Waals surface area contributed by atoms with E-state index in [0.717, 1.165) is 59.3 Å². The number of carbonyl (C=O) groups excluding carboxylic acids is 2. The van der Waals surface area contributed by atoms with Crippen LogP contribution in [0.4, 0.5) is 11.4 Å². The average molecular weight is 495 g/mol. The van der Waals surface area contributed by atoms with Crippen molar-refractivity contribution < 1.29 is 14.3 Å². The Kier molecular flexibility index (Phi) is 8.96. The van der Waals surface area contributed by atoms with Crippen molar-refractivity contribution in [1.82, 2.24) is 0 Å². The molecule has 5 nitrogen and oxygen atoms in total. The van der Waals surface area contributed by atoms with Crippen LogP contribution in [0.5, 0.6) is 0 Å². The van der Waals surface area contributed by atoms with Crippen LogP contribution in [0.25, 0.3) is 17.2 Å². The van der Waals surface area contributed by atoms with Gasteiger partial charge in [-0.1, -0.05) is 67.8 Å². The maximum Gasteiger partial charge on any atom is 0.330 e. The van der Waals surface area contributed by atoms with E-state index in [4.69, 9.17) is 4.74 Å². The second-order valence-corrected chi connectivity index (χ2v) is 9.38. The maximum atomic E-state index is 12.4. The van der Waals surface area contributed by atoms with Gasteiger partial charge < -0.3 is 15.0 Å². The molecule has 1 aliphatic carbocycles. The quantitative estimate of drug-likeness (QED) is 0.200. The van der Waals surface area contributed by atoms with Gasteiger partial charge in [-0.05, 0) is 65.4 Å². The van der Waals surface area contributed by atoms with Gasteiger partial charge in [0.05, 0.1) is 7.11 Å². The summed E-state index contributed by atoms with van der Waals surface area (Å²) in [6, 6.07) is 24.7. The van der Waals surface area contributed by atoms with Gasteiger partial charge in [-0.15, -0.1) is 0 Å². The third-order valence-electron chi connectivity index (χ3n) is 6.98. The van der Waals surface area contributed by atoms with Gasteiger partial charge in [-0.2, -0.15) is 0 Å². The minimum atomic E-state index is -0.404. The summed E-state index contributed by atoms with van der Waals surface area (Å²) in [5.41, 5.74) is 6.96. The van der Waals surface area contributed by atoms with Crippen molar-refractivity contribution in [3.8, 4) is 11.1 Å². The van der Waals surface area contributed by atoms with Gasteiger partial charge in [0.15, 0.2) is 0 Å². The summed E-state index contributed by atoms with van der Waals surface area (Å²) in [7, 11) is 3.27. The second-order valence-electron chi connectivity index (χ2n) is 9.38. The van der Waals surface area contributed by atoms with Crippen LogP contribution < -0.4 is 10.2 Å². The molecule has 3 aromatic carbocycles. The highest BCUT2D eigenvalue weighted by Crippen LogP contribution is 2.34. The topological polar surface area (TPSA) is 58.6 Å². The van der Waals surface area contributed by atoms with E-state index in [2.05, 4.69) is 64.7 Å². The van der Waals surface area contributed by atoms with Gasteiger partial charge in [-0.3, -0.25) is 0 Å². The van der Waals surface area contributed by atoms with Crippen molar-refractivity contribution in [3.63, 3.8) is 0 Å². The Hall–Kier alpha value is -4.08. The molecule has 0 bridgehead atoms. The predicted octanol–water partition coefficient (Wildman–Crippen LogP) is 6.88. The number of ether oxygens (including phenoxy) is 1. The molecule has 0 spiro atoms. The number of carbonyl (C=O) groups is 1. The molecule has 1 saturated carbocycles. The van der Waals surface area contributed by atoms with E-state index >= 15 is 0 Å². The largest absolute Gasteiger partial charge is 0.466 e. The molecule has 0 unspecified atom stereocenters. The van der Waals surface area contributed by atoms with E-state index in [9.17, 15) is 9.59 Å². The predicted molar refractivity (Wildman–Crippen MR) is 151 cm³/mol. The van der Waals surface area contributed by atoms with E-state index in [0.29, 0.717) is 12.2 Å². The van der Waals surface area contributed by atoms with E-state index < -0.39 is 5.97 Å². The Morgan fingerprint density at radius 3 is 2.30 bits per heavy atom. The van der Waals surface area contributed by atoms with Gasteiger partial charge in [0.2, 0.25) is 0 Å². The lowest BCUT2D eigenvalue weighted by molar-refractivity contribution is -0.134. The van der Waals surface area contributed by atoms with Crippen LogP contribution in [0.2, 0.25) is 0 Å². The summed E-state index contributed by atoms with van der Waals surface area (Å²) < 4.78 is 4.72. The van der Waals surface area contributed by atoms with Crippen LogP contribution in [0.1, 0.15) is 43.2 Å². The fraction of sp³-hybridized carbons (Fsp3) is 0.281. The molecule has 0 heterocycles. The number of hydrogen-bond acceptors (Lipinski definition) is 5. The van der Waals surface area contributed by atoms with Crippen molar-refractivity contribution in [2.45, 2.75) is 38.6 Å². The SMILES string of the molecule is CNc1ccc(-c2ccc(CN(C(=C=O)C3CCCCC3)c3cccc(/C=C/C(=O)OC)c3)cc2)cc1. The maximum absolute atomic E-state index is 12.4. The molecular formula is C32H34N2O3. The first-order valence-electron chi connectivity index (χ1n) is 12.9. The number of esters is 1.